The van der Waals surface area contributed by atoms with Crippen LogP contribution >= 0.6 is 0 Å². The summed E-state index contributed by atoms with van der Waals surface area (Å²) in [7, 11) is 0. The summed E-state index contributed by atoms with van der Waals surface area (Å²) in [4.78, 5) is 13.4. The number of hydrogen-bond donors (Lipinski definition) is 1. The zero-order valence-electron chi connectivity index (χ0n) is 10.8. The van der Waals surface area contributed by atoms with Gasteiger partial charge in [0.1, 0.15) is 6.10 Å². The molecule has 3 aliphatic rings. The summed E-state index contributed by atoms with van der Waals surface area (Å²) in [5.74, 6) is 0. The number of carbonyl (C=O) groups is 1. The highest BCUT2D eigenvalue weighted by atomic mass is 16.6. The van der Waals surface area contributed by atoms with Crippen molar-refractivity contribution < 1.29 is 14.3 Å². The number of nitrogens with two attached hydrogens (primary N) is 1. The molecular formula is C13H22N2O3. The molecular weight excluding hydrogens is 232 g/mol. The molecule has 2 aliphatic heterocycles. The van der Waals surface area contributed by atoms with Crippen LogP contribution in [0, 0.1) is 0 Å². The minimum Gasteiger partial charge on any atom is -0.443 e. The van der Waals surface area contributed by atoms with E-state index in [1.807, 2.05) is 0 Å². The monoisotopic (exact) mass is 254 g/mol. The van der Waals surface area contributed by atoms with E-state index in [4.69, 9.17) is 15.2 Å². The lowest BCUT2D eigenvalue weighted by Crippen LogP contribution is -2.36. The molecule has 3 rings (SSSR count). The number of rotatable bonds is 3. The van der Waals surface area contributed by atoms with Crippen LogP contribution in [-0.4, -0.2) is 48.4 Å². The van der Waals surface area contributed by atoms with Crippen molar-refractivity contribution in [1.82, 2.24) is 4.90 Å². The molecule has 102 valence electrons. The summed E-state index contributed by atoms with van der Waals surface area (Å²) >= 11 is 0. The second-order valence-corrected chi connectivity index (χ2v) is 5.82. The summed E-state index contributed by atoms with van der Waals surface area (Å²) in [5.41, 5.74) is 5.67. The second-order valence-electron chi connectivity index (χ2n) is 5.82. The van der Waals surface area contributed by atoms with Gasteiger partial charge in [-0.25, -0.2) is 4.79 Å². The molecule has 1 aliphatic carbocycles. The fourth-order valence-electron chi connectivity index (χ4n) is 3.50. The van der Waals surface area contributed by atoms with Crippen molar-refractivity contribution in [2.24, 2.45) is 5.73 Å². The minimum atomic E-state index is -0.235. The van der Waals surface area contributed by atoms with Gasteiger partial charge in [0.15, 0.2) is 0 Å². The van der Waals surface area contributed by atoms with Gasteiger partial charge < -0.3 is 20.1 Å². The number of ether oxygens (including phenoxy) is 2. The average Bonchev–Trinajstić information content (AvgIpc) is 3.05. The standard InChI is InChI=1S/C13H22N2O3/c14-7-11-9-15(12(16)17-11)8-10-3-6-13(18-10)4-1-2-5-13/h10-11H,1-9,14H2. The van der Waals surface area contributed by atoms with Crippen molar-refractivity contribution in [3.63, 3.8) is 0 Å². The molecule has 3 fully saturated rings. The zero-order chi connectivity index (χ0) is 12.6. The first-order chi connectivity index (χ1) is 8.71. The Bertz CT molecular complexity index is 328. The van der Waals surface area contributed by atoms with Crippen LogP contribution in [0.15, 0.2) is 0 Å². The number of cyclic esters (lactones) is 1. The van der Waals surface area contributed by atoms with Crippen LogP contribution in [0.4, 0.5) is 4.79 Å². The molecule has 2 N–H and O–H groups in total. The Morgan fingerprint density at radius 3 is 2.72 bits per heavy atom. The summed E-state index contributed by atoms with van der Waals surface area (Å²) in [6, 6.07) is 0. The smallest absolute Gasteiger partial charge is 0.410 e. The Hall–Kier alpha value is -0.810. The molecule has 0 radical (unpaired) electrons. The maximum absolute atomic E-state index is 11.6. The molecule has 5 heteroatoms. The van der Waals surface area contributed by atoms with Crippen LogP contribution in [-0.2, 0) is 9.47 Å². The van der Waals surface area contributed by atoms with E-state index in [0.717, 1.165) is 12.8 Å². The van der Waals surface area contributed by atoms with Crippen molar-refractivity contribution in [2.75, 3.05) is 19.6 Å². The highest BCUT2D eigenvalue weighted by molar-refractivity contribution is 5.69. The Labute approximate surface area is 108 Å². The third-order valence-electron chi connectivity index (χ3n) is 4.49. The highest BCUT2D eigenvalue weighted by Gasteiger charge is 2.43. The molecule has 2 unspecified atom stereocenters. The average molecular weight is 254 g/mol. The molecule has 1 amide bonds. The van der Waals surface area contributed by atoms with Gasteiger partial charge in [-0.1, -0.05) is 12.8 Å². The van der Waals surface area contributed by atoms with E-state index in [1.54, 1.807) is 4.90 Å². The van der Waals surface area contributed by atoms with Crippen LogP contribution in [0.3, 0.4) is 0 Å². The number of amides is 1. The summed E-state index contributed by atoms with van der Waals surface area (Å²) in [6.45, 7) is 1.68. The van der Waals surface area contributed by atoms with E-state index in [0.29, 0.717) is 19.6 Å². The first-order valence-electron chi connectivity index (χ1n) is 7.04. The highest BCUT2D eigenvalue weighted by Crippen LogP contribution is 2.43. The predicted molar refractivity (Wildman–Crippen MR) is 66.2 cm³/mol. The van der Waals surface area contributed by atoms with Crippen molar-refractivity contribution in [1.29, 1.82) is 0 Å². The molecule has 2 saturated heterocycles. The largest absolute Gasteiger partial charge is 0.443 e. The van der Waals surface area contributed by atoms with Gasteiger partial charge in [-0.05, 0) is 25.7 Å². The maximum Gasteiger partial charge on any atom is 0.410 e. The van der Waals surface area contributed by atoms with Gasteiger partial charge in [-0.3, -0.25) is 0 Å². The minimum absolute atomic E-state index is 0.139. The van der Waals surface area contributed by atoms with E-state index in [2.05, 4.69) is 0 Å². The maximum atomic E-state index is 11.6. The van der Waals surface area contributed by atoms with Gasteiger partial charge in [0, 0.05) is 6.54 Å². The van der Waals surface area contributed by atoms with Crippen LogP contribution in [0.2, 0.25) is 0 Å². The Balaban J connectivity index is 1.53. The van der Waals surface area contributed by atoms with Gasteiger partial charge in [0.25, 0.3) is 0 Å². The van der Waals surface area contributed by atoms with Gasteiger partial charge in [-0.15, -0.1) is 0 Å². The second kappa shape index (κ2) is 4.70. The molecule has 2 atom stereocenters. The molecule has 2 heterocycles. The summed E-state index contributed by atoms with van der Waals surface area (Å²) in [6.07, 6.45) is 6.99. The Morgan fingerprint density at radius 2 is 2.06 bits per heavy atom. The quantitative estimate of drug-likeness (QED) is 0.823. The SMILES string of the molecule is NCC1CN(CC2CCC3(CCCC3)O2)C(=O)O1. The van der Waals surface area contributed by atoms with E-state index in [9.17, 15) is 4.79 Å². The fourth-order valence-corrected chi connectivity index (χ4v) is 3.50. The lowest BCUT2D eigenvalue weighted by atomic mass is 9.98. The summed E-state index contributed by atoms with van der Waals surface area (Å²) < 4.78 is 11.4. The normalized spacial score (nSPS) is 34.5. The Morgan fingerprint density at radius 1 is 1.28 bits per heavy atom. The third kappa shape index (κ3) is 2.21. The van der Waals surface area contributed by atoms with E-state index in [1.165, 1.54) is 25.7 Å². The molecule has 1 saturated carbocycles. The molecule has 0 bridgehead atoms. The van der Waals surface area contributed by atoms with Crippen LogP contribution < -0.4 is 5.73 Å². The molecule has 0 aromatic rings. The van der Waals surface area contributed by atoms with E-state index < -0.39 is 0 Å². The number of carbonyl (C=O) groups excluding carboxylic acids is 1. The van der Waals surface area contributed by atoms with Crippen LogP contribution in [0.25, 0.3) is 0 Å². The van der Waals surface area contributed by atoms with Gasteiger partial charge in [0.05, 0.1) is 24.8 Å². The van der Waals surface area contributed by atoms with Crippen molar-refractivity contribution >= 4 is 6.09 Å². The number of hydrogen-bond acceptors (Lipinski definition) is 4. The third-order valence-corrected chi connectivity index (χ3v) is 4.49. The van der Waals surface area contributed by atoms with Crippen molar-refractivity contribution in [3.05, 3.63) is 0 Å². The van der Waals surface area contributed by atoms with Crippen LogP contribution in [0.5, 0.6) is 0 Å². The number of nitrogens with zero attached hydrogens (tertiary/aromatic N) is 1. The molecule has 1 spiro atoms. The zero-order valence-corrected chi connectivity index (χ0v) is 10.8. The van der Waals surface area contributed by atoms with Crippen molar-refractivity contribution in [2.45, 2.75) is 56.3 Å². The Kier molecular flexibility index (Phi) is 3.20. The van der Waals surface area contributed by atoms with Crippen molar-refractivity contribution in [3.8, 4) is 0 Å². The van der Waals surface area contributed by atoms with Gasteiger partial charge in [-0.2, -0.15) is 0 Å². The molecule has 0 aromatic carbocycles. The summed E-state index contributed by atoms with van der Waals surface area (Å²) in [5, 5.41) is 0. The first kappa shape index (κ1) is 12.2. The van der Waals surface area contributed by atoms with Gasteiger partial charge >= 0.3 is 6.09 Å². The molecule has 18 heavy (non-hydrogen) atoms. The topological polar surface area (TPSA) is 64.8 Å². The van der Waals surface area contributed by atoms with E-state index >= 15 is 0 Å². The lowest BCUT2D eigenvalue weighted by molar-refractivity contribution is -0.0428. The fraction of sp³-hybridized carbons (Fsp3) is 0.923. The molecule has 0 aromatic heterocycles. The van der Waals surface area contributed by atoms with E-state index in [-0.39, 0.29) is 23.9 Å². The predicted octanol–water partition coefficient (Wildman–Crippen LogP) is 1.26. The molecule has 5 nitrogen and oxygen atoms in total. The van der Waals surface area contributed by atoms with Gasteiger partial charge in [0.2, 0.25) is 0 Å². The lowest BCUT2D eigenvalue weighted by Gasteiger charge is -2.25. The first-order valence-corrected chi connectivity index (χ1v) is 7.04. The van der Waals surface area contributed by atoms with Crippen LogP contribution in [0.1, 0.15) is 38.5 Å².